The molecule has 5 heteroatoms. The van der Waals surface area contributed by atoms with Crippen molar-refractivity contribution in [3.63, 3.8) is 0 Å². The Bertz CT molecular complexity index is 494. The highest BCUT2D eigenvalue weighted by Gasteiger charge is 2.06. The van der Waals surface area contributed by atoms with E-state index in [1.165, 1.54) is 0 Å². The highest BCUT2D eigenvalue weighted by atomic mass is 79.9. The van der Waals surface area contributed by atoms with Crippen LogP contribution in [0.3, 0.4) is 0 Å². The number of fused-ring (bicyclic) bond motifs is 1. The third kappa shape index (κ3) is 3.26. The number of hydrogen-bond acceptors (Lipinski definition) is 3. The third-order valence-corrected chi connectivity index (χ3v) is 3.32. The van der Waals surface area contributed by atoms with Crippen LogP contribution in [0.5, 0.6) is 0 Å². The van der Waals surface area contributed by atoms with Gasteiger partial charge in [-0.05, 0) is 47.3 Å². The molecular formula is C12H17BrN4. The fourth-order valence-electron chi connectivity index (χ4n) is 1.85. The van der Waals surface area contributed by atoms with Crippen LogP contribution in [0.1, 0.15) is 25.6 Å². The predicted octanol–water partition coefficient (Wildman–Crippen LogP) is 2.64. The summed E-state index contributed by atoms with van der Waals surface area (Å²) in [4.78, 5) is 12.0. The number of nitrogens with one attached hydrogen (secondary N) is 1. The number of aryl methyl sites for hydroxylation is 1. The molecule has 4 nitrogen and oxygen atoms in total. The lowest BCUT2D eigenvalue weighted by Crippen LogP contribution is -2.06. The summed E-state index contributed by atoms with van der Waals surface area (Å²) in [6.45, 7) is 2.99. The Morgan fingerprint density at radius 3 is 3.06 bits per heavy atom. The van der Waals surface area contributed by atoms with Crippen LogP contribution in [0.25, 0.3) is 11.2 Å². The lowest BCUT2D eigenvalue weighted by Gasteiger charge is -2.07. The van der Waals surface area contributed by atoms with Gasteiger partial charge in [0.25, 0.3) is 0 Å². The third-order valence-electron chi connectivity index (χ3n) is 2.89. The van der Waals surface area contributed by atoms with Gasteiger partial charge >= 0.3 is 0 Å². The number of pyridine rings is 1. The Morgan fingerprint density at radius 2 is 2.29 bits per heavy atom. The molecule has 0 amide bonds. The second-order valence-electron chi connectivity index (χ2n) is 4.43. The number of H-pyrrole nitrogens is 1. The molecule has 0 aliphatic rings. The quantitative estimate of drug-likeness (QED) is 0.891. The molecule has 0 bridgehead atoms. The molecule has 0 aromatic carbocycles. The minimum Gasteiger partial charge on any atom is -0.341 e. The first-order valence-corrected chi connectivity index (χ1v) is 6.68. The Balaban J connectivity index is 2.04. The van der Waals surface area contributed by atoms with Crippen LogP contribution in [0.2, 0.25) is 0 Å². The lowest BCUT2D eigenvalue weighted by molar-refractivity contribution is 0.495. The highest BCUT2D eigenvalue weighted by molar-refractivity contribution is 9.10. The molecule has 0 fully saturated rings. The summed E-state index contributed by atoms with van der Waals surface area (Å²) in [7, 11) is 0. The van der Waals surface area contributed by atoms with Gasteiger partial charge in [0.15, 0.2) is 5.65 Å². The highest BCUT2D eigenvalue weighted by Crippen LogP contribution is 2.17. The fourth-order valence-corrected chi connectivity index (χ4v) is 2.19. The van der Waals surface area contributed by atoms with Crippen molar-refractivity contribution in [2.24, 2.45) is 11.7 Å². The number of rotatable bonds is 5. The Labute approximate surface area is 109 Å². The summed E-state index contributed by atoms with van der Waals surface area (Å²) in [6.07, 6.45) is 4.90. The van der Waals surface area contributed by atoms with Crippen molar-refractivity contribution in [1.29, 1.82) is 0 Å². The second-order valence-corrected chi connectivity index (χ2v) is 5.35. The summed E-state index contributed by atoms with van der Waals surface area (Å²) in [5.74, 6) is 1.65. The summed E-state index contributed by atoms with van der Waals surface area (Å²) < 4.78 is 0.969. The van der Waals surface area contributed by atoms with Gasteiger partial charge in [-0.1, -0.05) is 6.92 Å². The van der Waals surface area contributed by atoms with E-state index in [9.17, 15) is 0 Å². The van der Waals surface area contributed by atoms with Crippen LogP contribution in [0.4, 0.5) is 0 Å². The summed E-state index contributed by atoms with van der Waals surface area (Å²) in [5.41, 5.74) is 7.31. The molecule has 1 unspecified atom stereocenters. The maximum Gasteiger partial charge on any atom is 0.177 e. The van der Waals surface area contributed by atoms with E-state index in [0.717, 1.165) is 47.3 Å². The molecule has 0 saturated heterocycles. The van der Waals surface area contributed by atoms with E-state index in [2.05, 4.69) is 37.8 Å². The monoisotopic (exact) mass is 296 g/mol. The summed E-state index contributed by atoms with van der Waals surface area (Å²) >= 11 is 3.40. The smallest absolute Gasteiger partial charge is 0.177 e. The fraction of sp³-hybridized carbons (Fsp3) is 0.500. The van der Waals surface area contributed by atoms with Gasteiger partial charge in [0, 0.05) is 17.1 Å². The van der Waals surface area contributed by atoms with Crippen LogP contribution < -0.4 is 5.73 Å². The molecular weight excluding hydrogens is 280 g/mol. The molecule has 0 aliphatic carbocycles. The molecule has 1 atom stereocenters. The molecule has 2 heterocycles. The van der Waals surface area contributed by atoms with Crippen LogP contribution in [-0.2, 0) is 6.42 Å². The van der Waals surface area contributed by atoms with E-state index in [1.54, 1.807) is 6.20 Å². The van der Waals surface area contributed by atoms with Gasteiger partial charge in [0.05, 0.1) is 5.52 Å². The largest absolute Gasteiger partial charge is 0.341 e. The van der Waals surface area contributed by atoms with E-state index in [-0.39, 0.29) is 0 Å². The van der Waals surface area contributed by atoms with Crippen molar-refractivity contribution in [3.05, 3.63) is 22.6 Å². The zero-order valence-corrected chi connectivity index (χ0v) is 11.5. The molecule has 0 aliphatic heterocycles. The van der Waals surface area contributed by atoms with Crippen LogP contribution in [-0.4, -0.2) is 21.5 Å². The topological polar surface area (TPSA) is 67.6 Å². The van der Waals surface area contributed by atoms with E-state index < -0.39 is 0 Å². The van der Waals surface area contributed by atoms with Crippen molar-refractivity contribution < 1.29 is 0 Å². The zero-order valence-electron chi connectivity index (χ0n) is 9.91. The van der Waals surface area contributed by atoms with Crippen molar-refractivity contribution in [3.8, 4) is 0 Å². The first-order chi connectivity index (χ1) is 8.19. The van der Waals surface area contributed by atoms with Crippen molar-refractivity contribution >= 4 is 27.1 Å². The molecule has 0 spiro atoms. The molecule has 92 valence electrons. The standard InChI is InChI=1S/C12H17BrN4/c1-8(4-5-14)2-3-11-16-10-6-9(13)7-15-12(10)17-11/h6-8H,2-5,14H2,1H3,(H,15,16,17). The zero-order chi connectivity index (χ0) is 12.3. The van der Waals surface area contributed by atoms with Crippen molar-refractivity contribution in [2.45, 2.75) is 26.2 Å². The summed E-state index contributed by atoms with van der Waals surface area (Å²) in [6, 6.07) is 2.00. The second kappa shape index (κ2) is 5.60. The summed E-state index contributed by atoms with van der Waals surface area (Å²) in [5, 5.41) is 0. The predicted molar refractivity (Wildman–Crippen MR) is 72.7 cm³/mol. The number of halogens is 1. The van der Waals surface area contributed by atoms with Gasteiger partial charge in [-0.25, -0.2) is 9.97 Å². The van der Waals surface area contributed by atoms with Gasteiger partial charge < -0.3 is 10.7 Å². The molecule has 2 aromatic rings. The number of hydrogen-bond donors (Lipinski definition) is 2. The van der Waals surface area contributed by atoms with E-state index in [1.807, 2.05) is 6.07 Å². The van der Waals surface area contributed by atoms with Crippen LogP contribution in [0, 0.1) is 5.92 Å². The molecule has 17 heavy (non-hydrogen) atoms. The van der Waals surface area contributed by atoms with Gasteiger partial charge in [-0.15, -0.1) is 0 Å². The van der Waals surface area contributed by atoms with E-state index >= 15 is 0 Å². The number of nitrogens with zero attached hydrogens (tertiary/aromatic N) is 2. The van der Waals surface area contributed by atoms with Crippen molar-refractivity contribution in [2.75, 3.05) is 6.54 Å². The molecule has 2 rings (SSSR count). The van der Waals surface area contributed by atoms with Gasteiger partial charge in [0.2, 0.25) is 0 Å². The number of aromatic nitrogens is 3. The maximum atomic E-state index is 5.54. The Hall–Kier alpha value is -0.940. The maximum absolute atomic E-state index is 5.54. The van der Waals surface area contributed by atoms with Gasteiger partial charge in [0.1, 0.15) is 5.82 Å². The van der Waals surface area contributed by atoms with E-state index in [0.29, 0.717) is 5.92 Å². The lowest BCUT2D eigenvalue weighted by atomic mass is 10.0. The molecule has 2 aromatic heterocycles. The SMILES string of the molecule is CC(CCN)CCc1nc2ncc(Br)cc2[nH]1. The Morgan fingerprint density at radius 1 is 1.47 bits per heavy atom. The average Bonchev–Trinajstić information content (AvgIpc) is 2.68. The van der Waals surface area contributed by atoms with Gasteiger partial charge in [-0.3, -0.25) is 0 Å². The minimum absolute atomic E-state index is 0.646. The number of nitrogens with two attached hydrogens (primary N) is 1. The van der Waals surface area contributed by atoms with Gasteiger partial charge in [-0.2, -0.15) is 0 Å². The first-order valence-electron chi connectivity index (χ1n) is 5.89. The molecule has 0 radical (unpaired) electrons. The average molecular weight is 297 g/mol. The molecule has 0 saturated carbocycles. The number of aromatic amines is 1. The first kappa shape index (κ1) is 12.5. The van der Waals surface area contributed by atoms with Crippen LogP contribution >= 0.6 is 15.9 Å². The minimum atomic E-state index is 0.646. The molecule has 3 N–H and O–H groups in total. The van der Waals surface area contributed by atoms with E-state index in [4.69, 9.17) is 5.73 Å². The van der Waals surface area contributed by atoms with Crippen molar-refractivity contribution in [1.82, 2.24) is 15.0 Å². The Kier molecular flexibility index (Phi) is 4.12. The number of imidazole rings is 1. The van der Waals surface area contributed by atoms with Crippen LogP contribution in [0.15, 0.2) is 16.7 Å². The normalized spacial score (nSPS) is 13.1.